The SMILES string of the molecule is CC[C@@H](C)[C@H](NC(=O)c1ccc(C(CC)(CC)c2ccc(OCC(O)C(C)(C)C)c(C)c2)n1CC)C(=O)OC. The van der Waals surface area contributed by atoms with Gasteiger partial charge in [-0.05, 0) is 67.3 Å². The summed E-state index contributed by atoms with van der Waals surface area (Å²) in [5.74, 6) is -0.00784. The van der Waals surface area contributed by atoms with E-state index in [4.69, 9.17) is 9.47 Å². The fraction of sp³-hybridized carbons (Fsp3) is 0.625. The van der Waals surface area contributed by atoms with E-state index in [9.17, 15) is 14.7 Å². The molecular formula is C32H50N2O5. The molecule has 1 aromatic heterocycles. The molecule has 7 nitrogen and oxygen atoms in total. The van der Waals surface area contributed by atoms with E-state index in [2.05, 4.69) is 35.9 Å². The summed E-state index contributed by atoms with van der Waals surface area (Å²) < 4.78 is 13.0. The second kappa shape index (κ2) is 13.5. The van der Waals surface area contributed by atoms with Crippen LogP contribution in [-0.4, -0.2) is 47.4 Å². The number of ether oxygens (including phenoxy) is 2. The van der Waals surface area contributed by atoms with Crippen LogP contribution in [0.4, 0.5) is 0 Å². The van der Waals surface area contributed by atoms with Gasteiger partial charge in [0.1, 0.15) is 24.1 Å². The third kappa shape index (κ3) is 7.05. The maximum Gasteiger partial charge on any atom is 0.328 e. The number of amides is 1. The molecule has 0 aliphatic carbocycles. The van der Waals surface area contributed by atoms with Crippen LogP contribution in [0.3, 0.4) is 0 Å². The highest BCUT2D eigenvalue weighted by Crippen LogP contribution is 2.41. The summed E-state index contributed by atoms with van der Waals surface area (Å²) >= 11 is 0. The number of carbonyl (C=O) groups excluding carboxylic acids is 2. The zero-order valence-electron chi connectivity index (χ0n) is 25.7. The van der Waals surface area contributed by atoms with E-state index < -0.39 is 18.1 Å². The summed E-state index contributed by atoms with van der Waals surface area (Å²) in [5, 5.41) is 13.3. The standard InChI is InChI=1S/C32H50N2O5/c1-11-21(5)28(30(37)38-10)33-29(36)24-16-18-26(34(24)14-4)32(12-2,13-3)23-15-17-25(22(6)19-23)39-20-27(35)31(7,8)9/h15-19,21,27-28,35H,11-14,20H2,1-10H3,(H,33,36)/t21-,27?,28+/m1/s1. The fourth-order valence-electron chi connectivity index (χ4n) is 5.13. The first-order valence-electron chi connectivity index (χ1n) is 14.3. The Morgan fingerprint density at radius 2 is 1.69 bits per heavy atom. The summed E-state index contributed by atoms with van der Waals surface area (Å²) in [6.45, 7) is 19.1. The number of hydrogen-bond acceptors (Lipinski definition) is 5. The van der Waals surface area contributed by atoms with Crippen LogP contribution in [0.15, 0.2) is 30.3 Å². The molecule has 0 spiro atoms. The molecule has 39 heavy (non-hydrogen) atoms. The Bertz CT molecular complexity index is 1110. The van der Waals surface area contributed by atoms with Crippen molar-refractivity contribution >= 4 is 11.9 Å². The summed E-state index contributed by atoms with van der Waals surface area (Å²) in [6, 6.07) is 9.44. The van der Waals surface area contributed by atoms with Crippen LogP contribution < -0.4 is 10.1 Å². The van der Waals surface area contributed by atoms with Crippen LogP contribution in [0.1, 0.15) is 102 Å². The second-order valence-corrected chi connectivity index (χ2v) is 11.7. The molecule has 0 aliphatic heterocycles. The minimum absolute atomic E-state index is 0.0514. The van der Waals surface area contributed by atoms with Crippen LogP contribution in [-0.2, 0) is 21.5 Å². The Kier molecular flexibility index (Phi) is 11.2. The van der Waals surface area contributed by atoms with Crippen LogP contribution in [0, 0.1) is 18.3 Å². The van der Waals surface area contributed by atoms with E-state index in [1.807, 2.05) is 66.7 Å². The molecule has 3 atom stereocenters. The number of esters is 1. The van der Waals surface area contributed by atoms with E-state index in [1.165, 1.54) is 7.11 Å². The number of nitrogens with zero attached hydrogens (tertiary/aromatic N) is 1. The van der Waals surface area contributed by atoms with Gasteiger partial charge in [0.25, 0.3) is 5.91 Å². The highest BCUT2D eigenvalue weighted by molar-refractivity contribution is 5.96. The normalized spacial score (nSPS) is 14.4. The molecule has 0 saturated carbocycles. The Morgan fingerprint density at radius 3 is 2.18 bits per heavy atom. The van der Waals surface area contributed by atoms with Crippen LogP contribution in [0.2, 0.25) is 0 Å². The molecule has 0 bridgehead atoms. The van der Waals surface area contributed by atoms with E-state index in [0.29, 0.717) is 12.2 Å². The third-order valence-electron chi connectivity index (χ3n) is 8.31. The number of benzene rings is 1. The monoisotopic (exact) mass is 542 g/mol. The lowest BCUT2D eigenvalue weighted by molar-refractivity contribution is -0.144. The number of nitrogens with one attached hydrogen (secondary N) is 1. The van der Waals surface area contributed by atoms with Gasteiger partial charge in [0.2, 0.25) is 0 Å². The smallest absolute Gasteiger partial charge is 0.328 e. The van der Waals surface area contributed by atoms with Crippen molar-refractivity contribution in [2.24, 2.45) is 11.3 Å². The van der Waals surface area contributed by atoms with Gasteiger partial charge in [-0.15, -0.1) is 0 Å². The molecule has 0 aliphatic rings. The molecule has 2 aromatic rings. The average Bonchev–Trinajstić information content (AvgIpc) is 3.35. The van der Waals surface area contributed by atoms with Crippen molar-refractivity contribution in [3.05, 3.63) is 52.8 Å². The first kappa shape index (κ1) is 32.4. The lowest BCUT2D eigenvalue weighted by Gasteiger charge is -2.35. The first-order valence-corrected chi connectivity index (χ1v) is 14.3. The Labute approximate surface area is 235 Å². The van der Waals surface area contributed by atoms with Crippen LogP contribution >= 0.6 is 0 Å². The highest BCUT2D eigenvalue weighted by Gasteiger charge is 2.36. The van der Waals surface area contributed by atoms with Gasteiger partial charge < -0.3 is 24.5 Å². The lowest BCUT2D eigenvalue weighted by atomic mass is 9.72. The number of rotatable bonds is 13. The second-order valence-electron chi connectivity index (χ2n) is 11.7. The zero-order chi connectivity index (χ0) is 29.5. The topological polar surface area (TPSA) is 89.8 Å². The molecule has 0 fully saturated rings. The van der Waals surface area contributed by atoms with Gasteiger partial charge in [-0.3, -0.25) is 4.79 Å². The minimum Gasteiger partial charge on any atom is -0.491 e. The van der Waals surface area contributed by atoms with E-state index in [-0.39, 0.29) is 29.3 Å². The van der Waals surface area contributed by atoms with E-state index in [0.717, 1.165) is 41.8 Å². The van der Waals surface area contributed by atoms with Crippen molar-refractivity contribution in [2.75, 3.05) is 13.7 Å². The van der Waals surface area contributed by atoms with Crippen molar-refractivity contribution in [2.45, 2.75) is 106 Å². The predicted octanol–water partition coefficient (Wildman–Crippen LogP) is 6.03. The molecule has 2 rings (SSSR count). The minimum atomic E-state index is -0.703. The molecule has 1 heterocycles. The third-order valence-corrected chi connectivity index (χ3v) is 8.31. The van der Waals surface area contributed by atoms with Gasteiger partial charge in [0.05, 0.1) is 13.2 Å². The summed E-state index contributed by atoms with van der Waals surface area (Å²) in [4.78, 5) is 25.8. The van der Waals surface area contributed by atoms with E-state index in [1.54, 1.807) is 0 Å². The van der Waals surface area contributed by atoms with Gasteiger partial charge in [-0.25, -0.2) is 4.79 Å². The zero-order valence-corrected chi connectivity index (χ0v) is 25.7. The van der Waals surface area contributed by atoms with Crippen molar-refractivity contribution in [1.82, 2.24) is 9.88 Å². The molecule has 0 saturated heterocycles. The maximum absolute atomic E-state index is 13.4. The van der Waals surface area contributed by atoms with E-state index >= 15 is 0 Å². The molecular weight excluding hydrogens is 492 g/mol. The number of carbonyl (C=O) groups is 2. The number of hydrogen-bond donors (Lipinski definition) is 2. The quantitative estimate of drug-likeness (QED) is 0.302. The number of methoxy groups -OCH3 is 1. The summed E-state index contributed by atoms with van der Waals surface area (Å²) in [5.41, 5.74) is 3.18. The number of aliphatic hydroxyl groups excluding tert-OH is 1. The van der Waals surface area contributed by atoms with Crippen LogP contribution in [0.5, 0.6) is 5.75 Å². The van der Waals surface area contributed by atoms with Gasteiger partial charge in [-0.2, -0.15) is 0 Å². The van der Waals surface area contributed by atoms with Gasteiger partial charge in [0.15, 0.2) is 0 Å². The molecule has 1 amide bonds. The average molecular weight is 543 g/mol. The molecule has 2 N–H and O–H groups in total. The Morgan fingerprint density at radius 1 is 1.05 bits per heavy atom. The van der Waals surface area contributed by atoms with Crippen molar-refractivity contribution in [3.8, 4) is 5.75 Å². The molecule has 7 heteroatoms. The largest absolute Gasteiger partial charge is 0.491 e. The van der Waals surface area contributed by atoms with Gasteiger partial charge in [-0.1, -0.05) is 67.0 Å². The van der Waals surface area contributed by atoms with Crippen molar-refractivity contribution in [1.29, 1.82) is 0 Å². The summed E-state index contributed by atoms with van der Waals surface area (Å²) in [6.07, 6.45) is 1.85. The summed E-state index contributed by atoms with van der Waals surface area (Å²) in [7, 11) is 1.35. The molecule has 1 aromatic carbocycles. The number of aryl methyl sites for hydroxylation is 1. The number of aromatic nitrogens is 1. The Balaban J connectivity index is 2.46. The lowest BCUT2D eigenvalue weighted by Crippen LogP contribution is -2.46. The predicted molar refractivity (Wildman–Crippen MR) is 156 cm³/mol. The highest BCUT2D eigenvalue weighted by atomic mass is 16.5. The molecule has 218 valence electrons. The van der Waals surface area contributed by atoms with Crippen molar-refractivity contribution < 1.29 is 24.2 Å². The Hall–Kier alpha value is -2.80. The fourth-order valence-corrected chi connectivity index (χ4v) is 5.13. The van der Waals surface area contributed by atoms with Gasteiger partial charge >= 0.3 is 5.97 Å². The molecule has 1 unspecified atom stereocenters. The maximum atomic E-state index is 13.4. The van der Waals surface area contributed by atoms with Crippen LogP contribution in [0.25, 0.3) is 0 Å². The number of aliphatic hydroxyl groups is 1. The van der Waals surface area contributed by atoms with Crippen molar-refractivity contribution in [3.63, 3.8) is 0 Å². The molecule has 0 radical (unpaired) electrons. The van der Waals surface area contributed by atoms with Gasteiger partial charge in [0, 0.05) is 17.7 Å². The first-order chi connectivity index (χ1) is 18.3.